The SMILES string of the molecule is Cc1ccc(C(=O)COC(=O)c2cc(-c3ccc(C)cc3)nc3ccc(Br)cc23)cc1. The topological polar surface area (TPSA) is 56.3 Å². The van der Waals surface area contributed by atoms with Gasteiger partial charge in [0.05, 0.1) is 16.8 Å². The van der Waals surface area contributed by atoms with Crippen LogP contribution in [0.25, 0.3) is 22.2 Å². The van der Waals surface area contributed by atoms with Crippen molar-refractivity contribution in [3.05, 3.63) is 99.5 Å². The van der Waals surface area contributed by atoms with Crippen molar-refractivity contribution in [2.45, 2.75) is 13.8 Å². The molecule has 4 aromatic rings. The summed E-state index contributed by atoms with van der Waals surface area (Å²) in [5, 5.41) is 0.665. The van der Waals surface area contributed by atoms with E-state index in [2.05, 4.69) is 15.9 Å². The molecule has 0 saturated carbocycles. The normalized spacial score (nSPS) is 10.8. The van der Waals surface area contributed by atoms with Crippen LogP contribution in [0.3, 0.4) is 0 Å². The molecule has 1 aromatic heterocycles. The van der Waals surface area contributed by atoms with E-state index >= 15 is 0 Å². The average molecular weight is 474 g/mol. The predicted octanol–water partition coefficient (Wildman–Crippen LogP) is 6.32. The zero-order valence-corrected chi connectivity index (χ0v) is 18.8. The van der Waals surface area contributed by atoms with E-state index in [1.165, 1.54) is 0 Å². The number of Topliss-reactive ketones (excluding diaryl/α,β-unsaturated/α-hetero) is 1. The van der Waals surface area contributed by atoms with E-state index in [9.17, 15) is 9.59 Å². The molecule has 0 N–H and O–H groups in total. The number of carbonyl (C=O) groups excluding carboxylic acids is 2. The standard InChI is InChI=1S/C26H20BrNO3/c1-16-3-7-18(8-4-16)24-14-22(21-13-20(27)11-12-23(21)28-24)26(30)31-15-25(29)19-9-5-17(2)6-10-19/h3-14H,15H2,1-2H3. The van der Waals surface area contributed by atoms with Gasteiger partial charge in [0, 0.05) is 21.0 Å². The summed E-state index contributed by atoms with van der Waals surface area (Å²) < 4.78 is 6.23. The lowest BCUT2D eigenvalue weighted by atomic mass is 10.0. The van der Waals surface area contributed by atoms with Crippen molar-refractivity contribution < 1.29 is 14.3 Å². The summed E-state index contributed by atoms with van der Waals surface area (Å²) in [5.74, 6) is -0.800. The van der Waals surface area contributed by atoms with E-state index in [1.54, 1.807) is 18.2 Å². The van der Waals surface area contributed by atoms with Crippen molar-refractivity contribution in [1.29, 1.82) is 0 Å². The van der Waals surface area contributed by atoms with E-state index in [0.717, 1.165) is 21.2 Å². The first-order chi connectivity index (χ1) is 14.9. The Morgan fingerprint density at radius 2 is 1.52 bits per heavy atom. The van der Waals surface area contributed by atoms with Crippen molar-refractivity contribution in [2.75, 3.05) is 6.61 Å². The van der Waals surface area contributed by atoms with Gasteiger partial charge in [-0.25, -0.2) is 9.78 Å². The molecule has 4 nitrogen and oxygen atoms in total. The summed E-state index contributed by atoms with van der Waals surface area (Å²) in [7, 11) is 0. The zero-order valence-electron chi connectivity index (χ0n) is 17.2. The Morgan fingerprint density at radius 1 is 0.871 bits per heavy atom. The van der Waals surface area contributed by atoms with Crippen molar-refractivity contribution in [3.63, 3.8) is 0 Å². The maximum Gasteiger partial charge on any atom is 0.339 e. The van der Waals surface area contributed by atoms with Crippen LogP contribution >= 0.6 is 15.9 Å². The highest BCUT2D eigenvalue weighted by molar-refractivity contribution is 9.10. The molecule has 0 amide bonds. The molecule has 0 bridgehead atoms. The molecule has 5 heteroatoms. The van der Waals surface area contributed by atoms with E-state index in [1.807, 2.05) is 68.4 Å². The molecule has 154 valence electrons. The smallest absolute Gasteiger partial charge is 0.339 e. The van der Waals surface area contributed by atoms with Crippen LogP contribution < -0.4 is 0 Å². The molecule has 0 radical (unpaired) electrons. The third-order valence-electron chi connectivity index (χ3n) is 5.05. The summed E-state index contributed by atoms with van der Waals surface area (Å²) >= 11 is 3.45. The first-order valence-corrected chi connectivity index (χ1v) is 10.6. The summed E-state index contributed by atoms with van der Waals surface area (Å²) in [5.41, 5.74) is 5.35. The molecule has 0 fully saturated rings. The number of ketones is 1. The number of pyridine rings is 1. The third-order valence-corrected chi connectivity index (χ3v) is 5.54. The molecular formula is C26H20BrNO3. The van der Waals surface area contributed by atoms with Gasteiger partial charge in [0.2, 0.25) is 0 Å². The van der Waals surface area contributed by atoms with Crippen LogP contribution in [-0.4, -0.2) is 23.3 Å². The van der Waals surface area contributed by atoms with Crippen LogP contribution in [0.15, 0.2) is 77.3 Å². The molecule has 31 heavy (non-hydrogen) atoms. The second kappa shape index (κ2) is 8.82. The average Bonchev–Trinajstić information content (AvgIpc) is 2.77. The highest BCUT2D eigenvalue weighted by Crippen LogP contribution is 2.28. The number of fused-ring (bicyclic) bond motifs is 1. The fourth-order valence-corrected chi connectivity index (χ4v) is 3.63. The maximum atomic E-state index is 13.0. The number of aryl methyl sites for hydroxylation is 2. The van der Waals surface area contributed by atoms with Gasteiger partial charge in [0.15, 0.2) is 12.4 Å². The Morgan fingerprint density at radius 3 is 2.19 bits per heavy atom. The van der Waals surface area contributed by atoms with E-state index in [-0.39, 0.29) is 12.4 Å². The molecule has 0 atom stereocenters. The highest BCUT2D eigenvalue weighted by Gasteiger charge is 2.17. The number of halogens is 1. The minimum absolute atomic E-state index is 0.244. The van der Waals surface area contributed by atoms with Gasteiger partial charge in [0.1, 0.15) is 0 Å². The lowest BCUT2D eigenvalue weighted by molar-refractivity contribution is 0.0476. The van der Waals surface area contributed by atoms with Crippen molar-refractivity contribution in [1.82, 2.24) is 4.98 Å². The number of ether oxygens (including phenoxy) is 1. The first kappa shape index (κ1) is 20.9. The van der Waals surface area contributed by atoms with Crippen molar-refractivity contribution in [3.8, 4) is 11.3 Å². The van der Waals surface area contributed by atoms with Crippen LogP contribution in [0.1, 0.15) is 31.8 Å². The largest absolute Gasteiger partial charge is 0.454 e. The van der Waals surface area contributed by atoms with Crippen LogP contribution in [0.5, 0.6) is 0 Å². The van der Waals surface area contributed by atoms with Gasteiger partial charge in [0.25, 0.3) is 0 Å². The minimum atomic E-state index is -0.556. The third kappa shape index (κ3) is 4.72. The van der Waals surface area contributed by atoms with E-state index < -0.39 is 5.97 Å². The number of carbonyl (C=O) groups is 2. The van der Waals surface area contributed by atoms with Gasteiger partial charge in [-0.3, -0.25) is 4.79 Å². The summed E-state index contributed by atoms with van der Waals surface area (Å²) in [6, 6.07) is 22.4. The molecular weight excluding hydrogens is 454 g/mol. The molecule has 0 unspecified atom stereocenters. The molecule has 0 aliphatic carbocycles. The maximum absolute atomic E-state index is 13.0. The Bertz CT molecular complexity index is 1280. The van der Waals surface area contributed by atoms with Crippen LogP contribution in [0, 0.1) is 13.8 Å². The number of esters is 1. The number of benzene rings is 3. The van der Waals surface area contributed by atoms with Gasteiger partial charge in [-0.15, -0.1) is 0 Å². The molecule has 0 spiro atoms. The fraction of sp³-hybridized carbons (Fsp3) is 0.115. The van der Waals surface area contributed by atoms with E-state index in [4.69, 9.17) is 9.72 Å². The van der Waals surface area contributed by atoms with Gasteiger partial charge in [-0.05, 0) is 38.1 Å². The van der Waals surface area contributed by atoms with E-state index in [0.29, 0.717) is 27.7 Å². The van der Waals surface area contributed by atoms with Crippen LogP contribution in [-0.2, 0) is 4.74 Å². The van der Waals surface area contributed by atoms with Crippen molar-refractivity contribution >= 4 is 38.6 Å². The lowest BCUT2D eigenvalue weighted by Gasteiger charge is -2.11. The molecule has 0 aliphatic heterocycles. The molecule has 4 rings (SSSR count). The molecule has 3 aromatic carbocycles. The Hall–Kier alpha value is -3.31. The first-order valence-electron chi connectivity index (χ1n) is 9.85. The number of nitrogens with zero attached hydrogens (tertiary/aromatic N) is 1. The number of rotatable bonds is 5. The highest BCUT2D eigenvalue weighted by atomic mass is 79.9. The molecule has 0 saturated heterocycles. The van der Waals surface area contributed by atoms with Gasteiger partial charge in [-0.1, -0.05) is 75.6 Å². The second-order valence-electron chi connectivity index (χ2n) is 7.45. The van der Waals surface area contributed by atoms with Crippen LogP contribution in [0.2, 0.25) is 0 Å². The second-order valence-corrected chi connectivity index (χ2v) is 8.36. The minimum Gasteiger partial charge on any atom is -0.454 e. The fourth-order valence-electron chi connectivity index (χ4n) is 3.27. The number of hydrogen-bond donors (Lipinski definition) is 0. The Kier molecular flexibility index (Phi) is 5.96. The monoisotopic (exact) mass is 473 g/mol. The Labute approximate surface area is 189 Å². The number of hydrogen-bond acceptors (Lipinski definition) is 4. The molecule has 1 heterocycles. The van der Waals surface area contributed by atoms with Crippen LogP contribution in [0.4, 0.5) is 0 Å². The Balaban J connectivity index is 1.66. The number of aromatic nitrogens is 1. The van der Waals surface area contributed by atoms with Gasteiger partial charge < -0.3 is 4.74 Å². The van der Waals surface area contributed by atoms with Gasteiger partial charge >= 0.3 is 5.97 Å². The summed E-state index contributed by atoms with van der Waals surface area (Å²) in [4.78, 5) is 30.1. The predicted molar refractivity (Wildman–Crippen MR) is 125 cm³/mol. The molecule has 0 aliphatic rings. The summed E-state index contributed by atoms with van der Waals surface area (Å²) in [6.45, 7) is 3.65. The van der Waals surface area contributed by atoms with Gasteiger partial charge in [-0.2, -0.15) is 0 Å². The lowest BCUT2D eigenvalue weighted by Crippen LogP contribution is -2.15. The summed E-state index contributed by atoms with van der Waals surface area (Å²) in [6.07, 6.45) is 0. The quantitative estimate of drug-likeness (QED) is 0.251. The zero-order chi connectivity index (χ0) is 22.0. The van der Waals surface area contributed by atoms with Crippen molar-refractivity contribution in [2.24, 2.45) is 0 Å².